The molecule has 2 bridgehead atoms. The van der Waals surface area contributed by atoms with Crippen molar-refractivity contribution in [3.63, 3.8) is 0 Å². The molecule has 2 amide bonds. The highest BCUT2D eigenvalue weighted by molar-refractivity contribution is 5.98. The Morgan fingerprint density at radius 1 is 1.35 bits per heavy atom. The van der Waals surface area contributed by atoms with E-state index >= 15 is 0 Å². The van der Waals surface area contributed by atoms with Gasteiger partial charge in [0.25, 0.3) is 5.91 Å². The molecule has 5 rings (SSSR count). The lowest BCUT2D eigenvalue weighted by molar-refractivity contribution is -0.146. The Morgan fingerprint density at radius 2 is 2.15 bits per heavy atom. The predicted molar refractivity (Wildman–Crippen MR) is 97.8 cm³/mol. The summed E-state index contributed by atoms with van der Waals surface area (Å²) in [4.78, 5) is 27.3. The number of para-hydroxylation sites is 1. The van der Waals surface area contributed by atoms with Crippen LogP contribution in [-0.2, 0) is 4.79 Å². The van der Waals surface area contributed by atoms with Gasteiger partial charge in [0.1, 0.15) is 5.75 Å². The Kier molecular flexibility index (Phi) is 4.39. The first-order chi connectivity index (χ1) is 12.5. The quantitative estimate of drug-likeness (QED) is 0.859. The van der Waals surface area contributed by atoms with Gasteiger partial charge in [-0.25, -0.2) is 0 Å². The molecule has 3 fully saturated rings. The van der Waals surface area contributed by atoms with Crippen LogP contribution in [0, 0.1) is 17.8 Å². The lowest BCUT2D eigenvalue weighted by Gasteiger charge is -2.55. The number of carbonyl (C=O) groups is 2. The Bertz CT molecular complexity index is 720. The highest BCUT2D eigenvalue weighted by atomic mass is 16.5. The first-order valence-corrected chi connectivity index (χ1v) is 9.51. The van der Waals surface area contributed by atoms with Crippen LogP contribution in [0.5, 0.6) is 5.75 Å². The van der Waals surface area contributed by atoms with E-state index in [1.807, 2.05) is 32.3 Å². The standard InChI is InChI=1S/C20H27N3O3/c1-23(2)10-9-21-18(24)16-11-14-8-7-13(16)12-20(14)22-19(25)15-5-3-4-6-17(15)26-20/h3-6,13-14,16H,7-12H2,1-2H3,(H,21,24)(H,22,25)/t13-,14+,16-,20+/m1/s1. The minimum Gasteiger partial charge on any atom is -0.467 e. The van der Waals surface area contributed by atoms with Crippen molar-refractivity contribution in [1.82, 2.24) is 15.5 Å². The van der Waals surface area contributed by atoms with Crippen LogP contribution < -0.4 is 15.4 Å². The maximum Gasteiger partial charge on any atom is 0.258 e. The third-order valence-electron chi connectivity index (χ3n) is 6.16. The van der Waals surface area contributed by atoms with Crippen LogP contribution in [0.15, 0.2) is 24.3 Å². The molecule has 1 heterocycles. The predicted octanol–water partition coefficient (Wildman–Crippen LogP) is 1.62. The molecule has 1 aromatic rings. The van der Waals surface area contributed by atoms with Gasteiger partial charge in [-0.2, -0.15) is 0 Å². The third kappa shape index (κ3) is 2.96. The summed E-state index contributed by atoms with van der Waals surface area (Å²) in [6, 6.07) is 7.40. The van der Waals surface area contributed by atoms with Gasteiger partial charge < -0.3 is 20.3 Å². The molecule has 140 valence electrons. The molecule has 3 aliphatic carbocycles. The SMILES string of the molecule is CN(C)CCNC(=O)[C@@H]1C[C@@H]2CC[C@@H]1C[C@@]21NC(=O)c2ccccc2O1. The van der Waals surface area contributed by atoms with Crippen LogP contribution in [0.2, 0.25) is 0 Å². The summed E-state index contributed by atoms with van der Waals surface area (Å²) in [5.74, 6) is 1.21. The fourth-order valence-corrected chi connectivity index (χ4v) is 4.81. The van der Waals surface area contributed by atoms with Gasteiger partial charge in [0, 0.05) is 31.3 Å². The number of hydrogen-bond acceptors (Lipinski definition) is 4. The highest BCUT2D eigenvalue weighted by Crippen LogP contribution is 2.52. The van der Waals surface area contributed by atoms with Crippen LogP contribution in [0.3, 0.4) is 0 Å². The van der Waals surface area contributed by atoms with Gasteiger partial charge >= 0.3 is 0 Å². The van der Waals surface area contributed by atoms with Crippen LogP contribution in [-0.4, -0.2) is 49.6 Å². The normalized spacial score (nSPS) is 32.1. The van der Waals surface area contributed by atoms with Crippen molar-refractivity contribution >= 4 is 11.8 Å². The van der Waals surface area contributed by atoms with E-state index in [1.165, 1.54) is 0 Å². The van der Waals surface area contributed by atoms with Crippen molar-refractivity contribution in [3.8, 4) is 5.75 Å². The Labute approximate surface area is 154 Å². The second kappa shape index (κ2) is 6.58. The number of carbonyl (C=O) groups excluding carboxylic acids is 2. The minimum absolute atomic E-state index is 0.0270. The number of amides is 2. The molecule has 0 radical (unpaired) electrons. The zero-order valence-corrected chi connectivity index (χ0v) is 15.5. The average molecular weight is 357 g/mol. The molecule has 6 heteroatoms. The Balaban J connectivity index is 1.47. The zero-order chi connectivity index (χ0) is 18.3. The molecule has 6 nitrogen and oxygen atoms in total. The van der Waals surface area contributed by atoms with E-state index in [2.05, 4.69) is 15.5 Å². The van der Waals surface area contributed by atoms with Crippen molar-refractivity contribution in [2.24, 2.45) is 17.8 Å². The van der Waals surface area contributed by atoms with E-state index < -0.39 is 5.72 Å². The van der Waals surface area contributed by atoms with Crippen LogP contribution in [0.4, 0.5) is 0 Å². The molecule has 26 heavy (non-hydrogen) atoms. The molecular weight excluding hydrogens is 330 g/mol. The highest BCUT2D eigenvalue weighted by Gasteiger charge is 2.57. The second-order valence-electron chi connectivity index (χ2n) is 8.12. The van der Waals surface area contributed by atoms with Crippen molar-refractivity contribution in [3.05, 3.63) is 29.8 Å². The second-order valence-corrected chi connectivity index (χ2v) is 8.12. The fraction of sp³-hybridized carbons (Fsp3) is 0.600. The molecule has 0 aromatic heterocycles. The number of nitrogens with one attached hydrogen (secondary N) is 2. The number of likely N-dealkylation sites (N-methyl/N-ethyl adjacent to an activating group) is 1. The maximum atomic E-state index is 12.6. The minimum atomic E-state index is -0.644. The molecule has 0 unspecified atom stereocenters. The molecule has 3 saturated carbocycles. The van der Waals surface area contributed by atoms with E-state index in [0.717, 1.165) is 25.8 Å². The van der Waals surface area contributed by atoms with Gasteiger partial charge in [0.2, 0.25) is 5.91 Å². The number of benzene rings is 1. The number of rotatable bonds is 4. The first-order valence-electron chi connectivity index (χ1n) is 9.51. The molecule has 1 aliphatic heterocycles. The van der Waals surface area contributed by atoms with Gasteiger partial charge in [0.15, 0.2) is 5.72 Å². The Hall–Kier alpha value is -2.08. The van der Waals surface area contributed by atoms with Crippen molar-refractivity contribution in [2.75, 3.05) is 27.2 Å². The number of fused-ring (bicyclic) bond motifs is 3. The largest absolute Gasteiger partial charge is 0.467 e. The Morgan fingerprint density at radius 3 is 2.88 bits per heavy atom. The van der Waals surface area contributed by atoms with E-state index in [9.17, 15) is 9.59 Å². The lowest BCUT2D eigenvalue weighted by Crippen LogP contribution is -2.67. The molecule has 4 atom stereocenters. The fourth-order valence-electron chi connectivity index (χ4n) is 4.81. The smallest absolute Gasteiger partial charge is 0.258 e. The number of nitrogens with zero attached hydrogens (tertiary/aromatic N) is 1. The number of ether oxygens (including phenoxy) is 1. The van der Waals surface area contributed by atoms with Crippen LogP contribution >= 0.6 is 0 Å². The van der Waals surface area contributed by atoms with Gasteiger partial charge in [-0.3, -0.25) is 9.59 Å². The van der Waals surface area contributed by atoms with E-state index in [1.54, 1.807) is 6.07 Å². The lowest BCUT2D eigenvalue weighted by atomic mass is 9.60. The van der Waals surface area contributed by atoms with Crippen LogP contribution in [0.1, 0.15) is 36.0 Å². The topological polar surface area (TPSA) is 70.7 Å². The summed E-state index contributed by atoms with van der Waals surface area (Å²) in [5, 5.41) is 6.21. The molecule has 1 spiro atoms. The average Bonchev–Trinajstić information content (AvgIpc) is 2.61. The van der Waals surface area contributed by atoms with Gasteiger partial charge in [0.05, 0.1) is 5.56 Å². The summed E-state index contributed by atoms with van der Waals surface area (Å²) in [5.41, 5.74) is -0.0491. The maximum absolute atomic E-state index is 12.6. The molecule has 1 aromatic carbocycles. The van der Waals surface area contributed by atoms with Crippen LogP contribution in [0.25, 0.3) is 0 Å². The van der Waals surface area contributed by atoms with Crippen molar-refractivity contribution in [1.29, 1.82) is 0 Å². The first kappa shape index (κ1) is 17.3. The van der Waals surface area contributed by atoms with Gasteiger partial charge in [-0.15, -0.1) is 0 Å². The molecule has 0 saturated heterocycles. The van der Waals surface area contributed by atoms with Crippen molar-refractivity contribution in [2.45, 2.75) is 31.4 Å². The zero-order valence-electron chi connectivity index (χ0n) is 15.5. The third-order valence-corrected chi connectivity index (χ3v) is 6.16. The monoisotopic (exact) mass is 357 g/mol. The van der Waals surface area contributed by atoms with E-state index in [0.29, 0.717) is 24.3 Å². The molecule has 4 aliphatic rings. The molecule has 2 N–H and O–H groups in total. The summed E-state index contributed by atoms with van der Waals surface area (Å²) in [7, 11) is 4.00. The molecular formula is C20H27N3O3. The van der Waals surface area contributed by atoms with Gasteiger partial charge in [-0.1, -0.05) is 12.1 Å². The summed E-state index contributed by atoms with van der Waals surface area (Å²) < 4.78 is 6.34. The van der Waals surface area contributed by atoms with Crippen molar-refractivity contribution < 1.29 is 14.3 Å². The summed E-state index contributed by atoms with van der Waals surface area (Å²) in [6.07, 6.45) is 3.51. The summed E-state index contributed by atoms with van der Waals surface area (Å²) in [6.45, 7) is 1.51. The number of hydrogen-bond donors (Lipinski definition) is 2. The van der Waals surface area contributed by atoms with Gasteiger partial charge in [-0.05, 0) is 51.4 Å². The van der Waals surface area contributed by atoms with E-state index in [-0.39, 0.29) is 29.6 Å². The van der Waals surface area contributed by atoms with E-state index in [4.69, 9.17) is 4.74 Å². The summed E-state index contributed by atoms with van der Waals surface area (Å²) >= 11 is 0.